The number of nitrogens with one attached hydrogen (secondary N) is 1. The summed E-state index contributed by atoms with van der Waals surface area (Å²) in [7, 11) is 0. The van der Waals surface area contributed by atoms with E-state index in [0.717, 1.165) is 19.3 Å². The van der Waals surface area contributed by atoms with Gasteiger partial charge < -0.3 is 10.1 Å². The lowest BCUT2D eigenvalue weighted by Crippen LogP contribution is -2.39. The molecule has 0 aliphatic rings. The van der Waals surface area contributed by atoms with Crippen LogP contribution in [0.3, 0.4) is 0 Å². The number of carbonyl (C=O) groups excluding carboxylic acids is 2. The number of ether oxygens (including phenoxy) is 1. The molecule has 0 heterocycles. The Labute approximate surface area is 120 Å². The average molecular weight is 277 g/mol. The largest absolute Gasteiger partial charge is 0.464 e. The van der Waals surface area contributed by atoms with E-state index in [-0.39, 0.29) is 5.91 Å². The third kappa shape index (κ3) is 5.03. The Morgan fingerprint density at radius 2 is 1.85 bits per heavy atom. The molecule has 0 aromatic heterocycles. The van der Waals surface area contributed by atoms with Gasteiger partial charge in [-0.1, -0.05) is 25.5 Å². The lowest BCUT2D eigenvalue weighted by Gasteiger charge is -2.12. The number of hydrogen-bond donors (Lipinski definition) is 1. The maximum absolute atomic E-state index is 12.0. The Balaban J connectivity index is 2.57. The fraction of sp³-hybridized carbons (Fsp3) is 0.500. The van der Waals surface area contributed by atoms with E-state index < -0.39 is 12.0 Å². The van der Waals surface area contributed by atoms with Gasteiger partial charge in [0.15, 0.2) is 0 Å². The summed E-state index contributed by atoms with van der Waals surface area (Å²) in [5.74, 6) is -0.673. The van der Waals surface area contributed by atoms with E-state index in [1.165, 1.54) is 5.56 Å². The fourth-order valence-corrected chi connectivity index (χ4v) is 1.81. The van der Waals surface area contributed by atoms with Crippen molar-refractivity contribution in [2.75, 3.05) is 6.61 Å². The highest BCUT2D eigenvalue weighted by Gasteiger charge is 2.17. The number of esters is 1. The quantitative estimate of drug-likeness (QED) is 0.780. The van der Waals surface area contributed by atoms with Gasteiger partial charge in [0.05, 0.1) is 6.61 Å². The van der Waals surface area contributed by atoms with Crippen LogP contribution in [0.2, 0.25) is 0 Å². The molecular formula is C16H23NO3. The van der Waals surface area contributed by atoms with Crippen LogP contribution in [0.5, 0.6) is 0 Å². The van der Waals surface area contributed by atoms with E-state index in [4.69, 9.17) is 4.74 Å². The highest BCUT2D eigenvalue weighted by atomic mass is 16.5. The van der Waals surface area contributed by atoms with Crippen LogP contribution in [-0.4, -0.2) is 24.5 Å². The van der Waals surface area contributed by atoms with Gasteiger partial charge in [0, 0.05) is 5.56 Å². The molecule has 0 aliphatic carbocycles. The first-order chi connectivity index (χ1) is 9.58. The highest BCUT2D eigenvalue weighted by molar-refractivity contribution is 5.96. The second-order valence-corrected chi connectivity index (χ2v) is 4.75. The molecule has 4 nitrogen and oxygen atoms in total. The van der Waals surface area contributed by atoms with Gasteiger partial charge in [-0.2, -0.15) is 0 Å². The van der Waals surface area contributed by atoms with E-state index in [2.05, 4.69) is 12.2 Å². The van der Waals surface area contributed by atoms with Gasteiger partial charge in [0.1, 0.15) is 6.04 Å². The number of rotatable bonds is 7. The topological polar surface area (TPSA) is 55.4 Å². The second-order valence-electron chi connectivity index (χ2n) is 4.75. The molecular weight excluding hydrogens is 254 g/mol. The molecule has 1 N–H and O–H groups in total. The monoisotopic (exact) mass is 277 g/mol. The summed E-state index contributed by atoms with van der Waals surface area (Å²) in [6, 6.07) is 6.86. The summed E-state index contributed by atoms with van der Waals surface area (Å²) < 4.78 is 4.85. The molecule has 0 spiro atoms. The molecule has 0 bridgehead atoms. The smallest absolute Gasteiger partial charge is 0.328 e. The van der Waals surface area contributed by atoms with Crippen LogP contribution >= 0.6 is 0 Å². The SMILES string of the molecule is CCCCc1ccc(C(=O)NC(C)C(=O)OCC)cc1. The number of amides is 1. The molecule has 1 rings (SSSR count). The maximum Gasteiger partial charge on any atom is 0.328 e. The van der Waals surface area contributed by atoms with E-state index in [1.54, 1.807) is 26.0 Å². The molecule has 110 valence electrons. The zero-order chi connectivity index (χ0) is 15.0. The number of benzene rings is 1. The predicted molar refractivity (Wildman–Crippen MR) is 78.6 cm³/mol. The zero-order valence-electron chi connectivity index (χ0n) is 12.4. The maximum atomic E-state index is 12.0. The van der Waals surface area contributed by atoms with Gasteiger partial charge in [-0.15, -0.1) is 0 Å². The number of aryl methyl sites for hydroxylation is 1. The number of hydrogen-bond acceptors (Lipinski definition) is 3. The first-order valence-corrected chi connectivity index (χ1v) is 7.14. The van der Waals surface area contributed by atoms with E-state index in [1.807, 2.05) is 12.1 Å². The molecule has 20 heavy (non-hydrogen) atoms. The molecule has 1 unspecified atom stereocenters. The Hall–Kier alpha value is -1.84. The normalized spacial score (nSPS) is 11.8. The van der Waals surface area contributed by atoms with Crippen molar-refractivity contribution in [2.24, 2.45) is 0 Å². The first-order valence-electron chi connectivity index (χ1n) is 7.14. The van der Waals surface area contributed by atoms with Gasteiger partial charge >= 0.3 is 5.97 Å². The van der Waals surface area contributed by atoms with Crippen molar-refractivity contribution in [3.63, 3.8) is 0 Å². The van der Waals surface area contributed by atoms with Crippen molar-refractivity contribution < 1.29 is 14.3 Å². The Bertz CT molecular complexity index is 440. The summed E-state index contributed by atoms with van der Waals surface area (Å²) in [6.07, 6.45) is 3.32. The van der Waals surface area contributed by atoms with Gasteiger partial charge in [-0.3, -0.25) is 4.79 Å². The average Bonchev–Trinajstić information content (AvgIpc) is 2.45. The van der Waals surface area contributed by atoms with Gasteiger partial charge in [-0.05, 0) is 44.4 Å². The lowest BCUT2D eigenvalue weighted by molar-refractivity contribution is -0.144. The van der Waals surface area contributed by atoms with E-state index in [9.17, 15) is 9.59 Å². The summed E-state index contributed by atoms with van der Waals surface area (Å²) >= 11 is 0. The van der Waals surface area contributed by atoms with Crippen LogP contribution in [0.15, 0.2) is 24.3 Å². The first kappa shape index (κ1) is 16.2. The molecule has 0 radical (unpaired) electrons. The third-order valence-corrected chi connectivity index (χ3v) is 3.02. The lowest BCUT2D eigenvalue weighted by atomic mass is 10.1. The van der Waals surface area contributed by atoms with Gasteiger partial charge in [0.25, 0.3) is 5.91 Å². The van der Waals surface area contributed by atoms with Crippen molar-refractivity contribution in [2.45, 2.75) is 46.1 Å². The fourth-order valence-electron chi connectivity index (χ4n) is 1.81. The van der Waals surface area contributed by atoms with Crippen LogP contribution in [0.4, 0.5) is 0 Å². The molecule has 0 saturated heterocycles. The summed E-state index contributed by atoms with van der Waals surface area (Å²) in [5.41, 5.74) is 1.78. The van der Waals surface area contributed by atoms with Crippen molar-refractivity contribution in [3.05, 3.63) is 35.4 Å². The molecule has 1 aromatic carbocycles. The molecule has 1 atom stereocenters. The van der Waals surface area contributed by atoms with Crippen LogP contribution in [0, 0.1) is 0 Å². The minimum absolute atomic E-state index is 0.257. The summed E-state index contributed by atoms with van der Waals surface area (Å²) in [6.45, 7) is 5.82. The number of unbranched alkanes of at least 4 members (excludes halogenated alkanes) is 1. The summed E-state index contributed by atoms with van der Waals surface area (Å²) in [4.78, 5) is 23.4. The molecule has 0 saturated carbocycles. The van der Waals surface area contributed by atoms with Crippen LogP contribution in [0.25, 0.3) is 0 Å². The molecule has 1 aromatic rings. The molecule has 0 aliphatic heterocycles. The molecule has 0 fully saturated rings. The van der Waals surface area contributed by atoms with Crippen LogP contribution < -0.4 is 5.32 Å². The van der Waals surface area contributed by atoms with Crippen LogP contribution in [-0.2, 0) is 16.0 Å². The molecule has 1 amide bonds. The standard InChI is InChI=1S/C16H23NO3/c1-4-6-7-13-8-10-14(11-9-13)15(18)17-12(3)16(19)20-5-2/h8-12H,4-7H2,1-3H3,(H,17,18). The minimum atomic E-state index is -0.637. The van der Waals surface area contributed by atoms with Gasteiger partial charge in [-0.25, -0.2) is 4.79 Å². The van der Waals surface area contributed by atoms with Crippen molar-refractivity contribution in [3.8, 4) is 0 Å². The predicted octanol–water partition coefficient (Wildman–Crippen LogP) is 2.71. The second kappa shape index (κ2) is 8.35. The van der Waals surface area contributed by atoms with E-state index >= 15 is 0 Å². The number of carbonyl (C=O) groups is 2. The van der Waals surface area contributed by atoms with Crippen molar-refractivity contribution in [1.82, 2.24) is 5.32 Å². The van der Waals surface area contributed by atoms with Crippen LogP contribution in [0.1, 0.15) is 49.5 Å². The van der Waals surface area contributed by atoms with Crippen molar-refractivity contribution in [1.29, 1.82) is 0 Å². The van der Waals surface area contributed by atoms with Crippen molar-refractivity contribution >= 4 is 11.9 Å². The highest BCUT2D eigenvalue weighted by Crippen LogP contribution is 2.08. The minimum Gasteiger partial charge on any atom is -0.464 e. The van der Waals surface area contributed by atoms with Gasteiger partial charge in [0.2, 0.25) is 0 Å². The Kier molecular flexibility index (Phi) is 6.77. The van der Waals surface area contributed by atoms with E-state index in [0.29, 0.717) is 12.2 Å². The zero-order valence-corrected chi connectivity index (χ0v) is 12.4. The third-order valence-electron chi connectivity index (χ3n) is 3.02. The molecule has 4 heteroatoms. The Morgan fingerprint density at radius 1 is 1.20 bits per heavy atom. The Morgan fingerprint density at radius 3 is 2.40 bits per heavy atom. The summed E-state index contributed by atoms with van der Waals surface area (Å²) in [5, 5.41) is 2.63.